The van der Waals surface area contributed by atoms with E-state index in [2.05, 4.69) is 37.4 Å². The van der Waals surface area contributed by atoms with Gasteiger partial charge in [0.1, 0.15) is 0 Å². The maximum absolute atomic E-state index is 4.99. The van der Waals surface area contributed by atoms with E-state index >= 15 is 0 Å². The predicted octanol–water partition coefficient (Wildman–Crippen LogP) is 2.43. The average Bonchev–Trinajstić information content (AvgIpc) is 2.23. The van der Waals surface area contributed by atoms with Crippen LogP contribution in [0.4, 0.5) is 0 Å². The highest BCUT2D eigenvalue weighted by atomic mass is 16.5. The molecule has 0 bridgehead atoms. The standard InChI is InChI=1S/C13H21NO/c1-11-5-6-13(9-12(11)2)10-14-7-4-8-15-3/h5-6,9,14H,4,7-8,10H2,1-3H3. The molecular formula is C13H21NO. The summed E-state index contributed by atoms with van der Waals surface area (Å²) >= 11 is 0. The van der Waals surface area contributed by atoms with E-state index in [1.165, 1.54) is 16.7 Å². The van der Waals surface area contributed by atoms with E-state index in [0.29, 0.717) is 0 Å². The molecule has 0 aliphatic heterocycles. The number of methoxy groups -OCH3 is 1. The fraction of sp³-hybridized carbons (Fsp3) is 0.538. The lowest BCUT2D eigenvalue weighted by atomic mass is 10.1. The van der Waals surface area contributed by atoms with Crippen molar-refractivity contribution in [3.8, 4) is 0 Å². The molecular weight excluding hydrogens is 186 g/mol. The Balaban J connectivity index is 2.28. The highest BCUT2D eigenvalue weighted by molar-refractivity contribution is 5.29. The van der Waals surface area contributed by atoms with E-state index < -0.39 is 0 Å². The van der Waals surface area contributed by atoms with Gasteiger partial charge in [-0.1, -0.05) is 18.2 Å². The fourth-order valence-corrected chi connectivity index (χ4v) is 1.49. The second kappa shape index (κ2) is 6.59. The molecule has 15 heavy (non-hydrogen) atoms. The zero-order valence-corrected chi connectivity index (χ0v) is 9.97. The molecule has 0 unspecified atom stereocenters. The largest absolute Gasteiger partial charge is 0.385 e. The smallest absolute Gasteiger partial charge is 0.0474 e. The summed E-state index contributed by atoms with van der Waals surface area (Å²) in [6.45, 7) is 7.10. The monoisotopic (exact) mass is 207 g/mol. The van der Waals surface area contributed by atoms with Gasteiger partial charge in [-0.05, 0) is 43.5 Å². The van der Waals surface area contributed by atoms with Crippen molar-refractivity contribution >= 4 is 0 Å². The van der Waals surface area contributed by atoms with Crippen LogP contribution in [0.25, 0.3) is 0 Å². The van der Waals surface area contributed by atoms with Crippen molar-refractivity contribution in [2.75, 3.05) is 20.3 Å². The van der Waals surface area contributed by atoms with Crippen LogP contribution in [0.5, 0.6) is 0 Å². The van der Waals surface area contributed by atoms with Gasteiger partial charge in [0, 0.05) is 20.3 Å². The van der Waals surface area contributed by atoms with Crippen LogP contribution in [-0.2, 0) is 11.3 Å². The van der Waals surface area contributed by atoms with Crippen LogP contribution < -0.4 is 5.32 Å². The molecule has 2 nitrogen and oxygen atoms in total. The molecule has 0 aliphatic carbocycles. The van der Waals surface area contributed by atoms with Crippen molar-refractivity contribution in [3.63, 3.8) is 0 Å². The Morgan fingerprint density at radius 3 is 2.67 bits per heavy atom. The summed E-state index contributed by atoms with van der Waals surface area (Å²) in [6.07, 6.45) is 1.07. The van der Waals surface area contributed by atoms with Gasteiger partial charge in [0.05, 0.1) is 0 Å². The third-order valence-corrected chi connectivity index (χ3v) is 2.60. The maximum Gasteiger partial charge on any atom is 0.0474 e. The van der Waals surface area contributed by atoms with E-state index in [0.717, 1.165) is 26.1 Å². The number of aryl methyl sites for hydroxylation is 2. The molecule has 0 spiro atoms. The first-order chi connectivity index (χ1) is 7.24. The minimum absolute atomic E-state index is 0.833. The lowest BCUT2D eigenvalue weighted by molar-refractivity contribution is 0.194. The Labute approximate surface area is 92.6 Å². The molecule has 0 atom stereocenters. The SMILES string of the molecule is COCCCNCc1ccc(C)c(C)c1. The van der Waals surface area contributed by atoms with Crippen molar-refractivity contribution in [3.05, 3.63) is 34.9 Å². The molecule has 0 aromatic heterocycles. The van der Waals surface area contributed by atoms with Gasteiger partial charge < -0.3 is 10.1 Å². The molecule has 1 aromatic carbocycles. The summed E-state index contributed by atoms with van der Waals surface area (Å²) in [5.74, 6) is 0. The highest BCUT2D eigenvalue weighted by Gasteiger charge is 1.95. The number of ether oxygens (including phenoxy) is 1. The van der Waals surface area contributed by atoms with Crippen molar-refractivity contribution < 1.29 is 4.74 Å². The van der Waals surface area contributed by atoms with Crippen LogP contribution in [0, 0.1) is 13.8 Å². The van der Waals surface area contributed by atoms with Gasteiger partial charge in [0.15, 0.2) is 0 Å². The molecule has 0 aliphatic rings. The van der Waals surface area contributed by atoms with Crippen molar-refractivity contribution in [2.24, 2.45) is 0 Å². The van der Waals surface area contributed by atoms with Gasteiger partial charge >= 0.3 is 0 Å². The molecule has 0 amide bonds. The van der Waals surface area contributed by atoms with E-state index in [4.69, 9.17) is 4.74 Å². The van der Waals surface area contributed by atoms with Gasteiger partial charge in [-0.25, -0.2) is 0 Å². The summed E-state index contributed by atoms with van der Waals surface area (Å²) < 4.78 is 4.99. The second-order valence-electron chi connectivity index (χ2n) is 3.94. The molecule has 2 heteroatoms. The quantitative estimate of drug-likeness (QED) is 0.723. The summed E-state index contributed by atoms with van der Waals surface area (Å²) in [7, 11) is 1.74. The van der Waals surface area contributed by atoms with Crippen LogP contribution in [0.3, 0.4) is 0 Å². The number of rotatable bonds is 6. The summed E-state index contributed by atoms with van der Waals surface area (Å²) in [5, 5.41) is 3.40. The van der Waals surface area contributed by atoms with Crippen LogP contribution >= 0.6 is 0 Å². The van der Waals surface area contributed by atoms with Crippen LogP contribution in [0.1, 0.15) is 23.1 Å². The first kappa shape index (κ1) is 12.2. The highest BCUT2D eigenvalue weighted by Crippen LogP contribution is 2.09. The second-order valence-corrected chi connectivity index (χ2v) is 3.94. The Kier molecular flexibility index (Phi) is 5.37. The van der Waals surface area contributed by atoms with Crippen molar-refractivity contribution in [1.29, 1.82) is 0 Å². The van der Waals surface area contributed by atoms with Crippen LogP contribution in [0.2, 0.25) is 0 Å². The Hall–Kier alpha value is -0.860. The molecule has 1 N–H and O–H groups in total. The average molecular weight is 207 g/mol. The number of hydrogen-bond donors (Lipinski definition) is 1. The molecule has 0 heterocycles. The summed E-state index contributed by atoms with van der Waals surface area (Å²) in [6, 6.07) is 6.62. The zero-order valence-electron chi connectivity index (χ0n) is 9.97. The van der Waals surface area contributed by atoms with Crippen molar-refractivity contribution in [2.45, 2.75) is 26.8 Å². The molecule has 84 valence electrons. The zero-order chi connectivity index (χ0) is 11.1. The van der Waals surface area contributed by atoms with E-state index in [-0.39, 0.29) is 0 Å². The Morgan fingerprint density at radius 2 is 2.00 bits per heavy atom. The van der Waals surface area contributed by atoms with Crippen LogP contribution in [0.15, 0.2) is 18.2 Å². The lowest BCUT2D eigenvalue weighted by Gasteiger charge is -2.07. The first-order valence-corrected chi connectivity index (χ1v) is 5.50. The van der Waals surface area contributed by atoms with E-state index in [1.807, 2.05) is 0 Å². The van der Waals surface area contributed by atoms with Crippen LogP contribution in [-0.4, -0.2) is 20.3 Å². The minimum atomic E-state index is 0.833. The van der Waals surface area contributed by atoms with Crippen molar-refractivity contribution in [1.82, 2.24) is 5.32 Å². The lowest BCUT2D eigenvalue weighted by Crippen LogP contribution is -2.16. The fourth-order valence-electron chi connectivity index (χ4n) is 1.49. The summed E-state index contributed by atoms with van der Waals surface area (Å²) in [5.41, 5.74) is 4.08. The predicted molar refractivity (Wildman–Crippen MR) is 64.1 cm³/mol. The normalized spacial score (nSPS) is 10.6. The first-order valence-electron chi connectivity index (χ1n) is 5.50. The molecule has 0 saturated carbocycles. The van der Waals surface area contributed by atoms with Gasteiger partial charge in [-0.15, -0.1) is 0 Å². The number of nitrogens with one attached hydrogen (secondary N) is 1. The van der Waals surface area contributed by atoms with Gasteiger partial charge in [0.25, 0.3) is 0 Å². The molecule has 1 aromatic rings. The molecule has 0 saturated heterocycles. The molecule has 1 rings (SSSR count). The Morgan fingerprint density at radius 1 is 1.20 bits per heavy atom. The Bertz CT molecular complexity index is 297. The van der Waals surface area contributed by atoms with E-state index in [9.17, 15) is 0 Å². The maximum atomic E-state index is 4.99. The van der Waals surface area contributed by atoms with E-state index in [1.54, 1.807) is 7.11 Å². The third-order valence-electron chi connectivity index (χ3n) is 2.60. The molecule has 0 radical (unpaired) electrons. The summed E-state index contributed by atoms with van der Waals surface area (Å²) in [4.78, 5) is 0. The molecule has 0 fully saturated rings. The topological polar surface area (TPSA) is 21.3 Å². The minimum Gasteiger partial charge on any atom is -0.385 e. The third kappa shape index (κ3) is 4.45. The van der Waals surface area contributed by atoms with Gasteiger partial charge in [-0.2, -0.15) is 0 Å². The number of benzene rings is 1. The number of hydrogen-bond acceptors (Lipinski definition) is 2. The van der Waals surface area contributed by atoms with Gasteiger partial charge in [-0.3, -0.25) is 0 Å². The van der Waals surface area contributed by atoms with Gasteiger partial charge in [0.2, 0.25) is 0 Å².